The van der Waals surface area contributed by atoms with Gasteiger partial charge < -0.3 is 0 Å². The molecule has 0 fully saturated rings. The van der Waals surface area contributed by atoms with Crippen molar-refractivity contribution in [2.75, 3.05) is 5.43 Å². The molecule has 0 saturated heterocycles. The molecule has 0 bridgehead atoms. The van der Waals surface area contributed by atoms with Crippen LogP contribution in [0.25, 0.3) is 0 Å². The van der Waals surface area contributed by atoms with Crippen LogP contribution in [0.2, 0.25) is 0 Å². The lowest BCUT2D eigenvalue weighted by Crippen LogP contribution is -2.36. The second kappa shape index (κ2) is 4.73. The molecule has 0 atom stereocenters. The van der Waals surface area contributed by atoms with Gasteiger partial charge >= 0.3 is 0 Å². The number of nitrogens with two attached hydrogens (primary N) is 1. The van der Waals surface area contributed by atoms with Gasteiger partial charge in [0.25, 0.3) is 11.8 Å². The van der Waals surface area contributed by atoms with E-state index in [9.17, 15) is 18.0 Å². The minimum absolute atomic E-state index is 0.108. The molecule has 1 aliphatic rings. The second-order valence-electron chi connectivity index (χ2n) is 4.38. The Hall–Kier alpha value is -2.19. The fourth-order valence-electron chi connectivity index (χ4n) is 1.72. The average Bonchev–Trinajstić information content (AvgIpc) is 2.56. The van der Waals surface area contributed by atoms with Crippen molar-refractivity contribution in [1.29, 1.82) is 0 Å². The van der Waals surface area contributed by atoms with Crippen molar-refractivity contribution in [2.45, 2.75) is 18.7 Å². The normalized spacial score (nSPS) is 16.1. The number of carbonyl (C=O) groups excluding carboxylic acids is 2. The fourth-order valence-corrected chi connectivity index (χ4v) is 2.28. The zero-order chi connectivity index (χ0) is 15.1. The highest BCUT2D eigenvalue weighted by atomic mass is 32.2. The molecule has 1 aromatic carbocycles. The van der Waals surface area contributed by atoms with Gasteiger partial charge in [-0.15, -0.1) is 0 Å². The molecule has 106 valence electrons. The number of primary sulfonamides is 1. The number of imide groups is 1. The summed E-state index contributed by atoms with van der Waals surface area (Å²) in [6.07, 6.45) is 0. The Bertz CT molecular complexity index is 713. The summed E-state index contributed by atoms with van der Waals surface area (Å²) in [6, 6.07) is 5.56. The summed E-state index contributed by atoms with van der Waals surface area (Å²) in [7, 11) is -3.85. The largest absolute Gasteiger partial charge is 0.288 e. The van der Waals surface area contributed by atoms with Crippen molar-refractivity contribution in [3.63, 3.8) is 0 Å². The van der Waals surface area contributed by atoms with Crippen LogP contribution in [0, 0.1) is 0 Å². The number of nitrogens with one attached hydrogen (secondary N) is 1. The highest BCUT2D eigenvalue weighted by Gasteiger charge is 2.33. The molecule has 0 radical (unpaired) electrons. The summed E-state index contributed by atoms with van der Waals surface area (Å²) in [5.41, 5.74) is 3.57. The van der Waals surface area contributed by atoms with E-state index in [1.54, 1.807) is 13.8 Å². The van der Waals surface area contributed by atoms with E-state index in [2.05, 4.69) is 5.43 Å². The lowest BCUT2D eigenvalue weighted by atomic mass is 10.2. The maximum absolute atomic E-state index is 11.9. The summed E-state index contributed by atoms with van der Waals surface area (Å²) in [6.45, 7) is 3.11. The Morgan fingerprint density at radius 2 is 1.65 bits per heavy atom. The lowest BCUT2D eigenvalue weighted by molar-refractivity contribution is -0.135. The molecule has 20 heavy (non-hydrogen) atoms. The van der Waals surface area contributed by atoms with Crippen LogP contribution in [0.15, 0.2) is 40.3 Å². The van der Waals surface area contributed by atoms with Crippen LogP contribution in [0.5, 0.6) is 0 Å². The number of carbonyl (C=O) groups is 2. The minimum atomic E-state index is -3.85. The van der Waals surface area contributed by atoms with Crippen LogP contribution in [0.4, 0.5) is 5.69 Å². The van der Waals surface area contributed by atoms with Crippen molar-refractivity contribution in [2.24, 2.45) is 5.14 Å². The molecule has 7 nitrogen and oxygen atoms in total. The predicted molar refractivity (Wildman–Crippen MR) is 71.7 cm³/mol. The third kappa shape index (κ3) is 2.43. The third-order valence-electron chi connectivity index (χ3n) is 3.01. The third-order valence-corrected chi connectivity index (χ3v) is 3.92. The maximum Gasteiger partial charge on any atom is 0.275 e. The van der Waals surface area contributed by atoms with E-state index >= 15 is 0 Å². The molecule has 2 amide bonds. The number of rotatable bonds is 3. The Labute approximate surface area is 116 Å². The van der Waals surface area contributed by atoms with Gasteiger partial charge in [0.2, 0.25) is 10.0 Å². The van der Waals surface area contributed by atoms with E-state index in [0.717, 1.165) is 5.01 Å². The summed E-state index contributed by atoms with van der Waals surface area (Å²) < 4.78 is 22.5. The Morgan fingerprint density at radius 3 is 2.15 bits per heavy atom. The molecule has 0 saturated carbocycles. The Morgan fingerprint density at radius 1 is 1.10 bits per heavy atom. The maximum atomic E-state index is 11.9. The minimum Gasteiger partial charge on any atom is -0.288 e. The number of hydrogen-bond acceptors (Lipinski definition) is 5. The highest BCUT2D eigenvalue weighted by molar-refractivity contribution is 7.89. The summed E-state index contributed by atoms with van der Waals surface area (Å²) in [5, 5.41) is 5.86. The van der Waals surface area contributed by atoms with Crippen molar-refractivity contribution in [3.05, 3.63) is 35.4 Å². The first-order valence-electron chi connectivity index (χ1n) is 5.67. The first-order valence-corrected chi connectivity index (χ1v) is 7.22. The molecule has 1 aromatic rings. The predicted octanol–water partition coefficient (Wildman–Crippen LogP) is 0.366. The molecule has 2 rings (SSSR count). The van der Waals surface area contributed by atoms with Crippen LogP contribution < -0.4 is 10.6 Å². The highest BCUT2D eigenvalue weighted by Crippen LogP contribution is 2.22. The van der Waals surface area contributed by atoms with E-state index in [1.165, 1.54) is 24.3 Å². The molecule has 0 aromatic heterocycles. The number of anilines is 1. The zero-order valence-corrected chi connectivity index (χ0v) is 11.7. The molecule has 0 spiro atoms. The fraction of sp³-hybridized carbons (Fsp3) is 0.167. The van der Waals surface area contributed by atoms with E-state index in [-0.39, 0.29) is 10.6 Å². The summed E-state index contributed by atoms with van der Waals surface area (Å²) in [5.74, 6) is -0.929. The van der Waals surface area contributed by atoms with Crippen molar-refractivity contribution in [1.82, 2.24) is 5.01 Å². The van der Waals surface area contributed by atoms with Crippen LogP contribution in [0.1, 0.15) is 13.8 Å². The first-order chi connectivity index (χ1) is 9.21. The second-order valence-corrected chi connectivity index (χ2v) is 5.94. The van der Waals surface area contributed by atoms with Gasteiger partial charge in [0.05, 0.1) is 10.6 Å². The van der Waals surface area contributed by atoms with Crippen LogP contribution in [-0.2, 0) is 19.6 Å². The van der Waals surface area contributed by atoms with E-state index in [4.69, 9.17) is 5.14 Å². The summed E-state index contributed by atoms with van der Waals surface area (Å²) >= 11 is 0. The Balaban J connectivity index is 2.29. The van der Waals surface area contributed by atoms with Crippen molar-refractivity contribution >= 4 is 27.5 Å². The monoisotopic (exact) mass is 295 g/mol. The molecule has 0 unspecified atom stereocenters. The lowest BCUT2D eigenvalue weighted by Gasteiger charge is -2.17. The molecular weight excluding hydrogens is 282 g/mol. The zero-order valence-electron chi connectivity index (χ0n) is 10.9. The van der Waals surface area contributed by atoms with E-state index in [0.29, 0.717) is 11.1 Å². The number of benzene rings is 1. The molecule has 1 aliphatic heterocycles. The summed E-state index contributed by atoms with van der Waals surface area (Å²) in [4.78, 5) is 23.6. The van der Waals surface area contributed by atoms with Gasteiger partial charge in [-0.2, -0.15) is 5.01 Å². The van der Waals surface area contributed by atoms with Gasteiger partial charge in [-0.3, -0.25) is 15.0 Å². The number of hydrogen-bond donors (Lipinski definition) is 2. The van der Waals surface area contributed by atoms with Crippen molar-refractivity contribution in [3.8, 4) is 0 Å². The number of sulfonamides is 1. The first kappa shape index (κ1) is 14.2. The number of amides is 2. The van der Waals surface area contributed by atoms with Crippen LogP contribution in [-0.4, -0.2) is 25.2 Å². The van der Waals surface area contributed by atoms with Gasteiger partial charge in [0, 0.05) is 11.1 Å². The number of nitrogens with zero attached hydrogens (tertiary/aromatic N) is 1. The molecule has 0 aliphatic carbocycles. The van der Waals surface area contributed by atoms with Crippen LogP contribution >= 0.6 is 0 Å². The van der Waals surface area contributed by atoms with Crippen molar-refractivity contribution < 1.29 is 18.0 Å². The van der Waals surface area contributed by atoms with Gasteiger partial charge in [-0.05, 0) is 32.0 Å². The molecule has 8 heteroatoms. The van der Waals surface area contributed by atoms with Crippen LogP contribution in [0.3, 0.4) is 0 Å². The topological polar surface area (TPSA) is 110 Å². The molecule has 3 N–H and O–H groups in total. The molecular formula is C12H13N3O4S. The van der Waals surface area contributed by atoms with Gasteiger partial charge in [0.1, 0.15) is 0 Å². The number of hydrazine groups is 1. The SMILES string of the molecule is CC1=C(C)C(=O)N(Nc2cccc(S(N)(=O)=O)c2)C1=O. The van der Waals surface area contributed by atoms with Gasteiger partial charge in [0.15, 0.2) is 0 Å². The molecule has 1 heterocycles. The quantitative estimate of drug-likeness (QED) is 0.783. The Kier molecular flexibility index (Phi) is 3.36. The van der Waals surface area contributed by atoms with Gasteiger partial charge in [-0.25, -0.2) is 13.6 Å². The van der Waals surface area contributed by atoms with E-state index < -0.39 is 21.8 Å². The standard InChI is InChI=1S/C12H13N3O4S/c1-7-8(2)12(17)15(11(7)16)14-9-4-3-5-10(6-9)20(13,18)19/h3-6,14H,1-2H3,(H2,13,18,19). The van der Waals surface area contributed by atoms with E-state index in [1.807, 2.05) is 0 Å². The van der Waals surface area contributed by atoms with Gasteiger partial charge in [-0.1, -0.05) is 6.07 Å². The smallest absolute Gasteiger partial charge is 0.275 e. The average molecular weight is 295 g/mol.